The molecule has 0 radical (unpaired) electrons. The molecule has 0 N–H and O–H groups in total. The van der Waals surface area contributed by atoms with E-state index in [2.05, 4.69) is 35.6 Å². The topological polar surface area (TPSA) is 69.2 Å². The molecule has 0 fully saturated rings. The van der Waals surface area contributed by atoms with E-state index < -0.39 is 0 Å². The second kappa shape index (κ2) is 108. The molecule has 0 rings (SSSR count). The van der Waals surface area contributed by atoms with E-state index in [1.807, 2.05) is 0 Å². The summed E-state index contributed by atoms with van der Waals surface area (Å²) in [4.78, 5) is 0. The van der Waals surface area contributed by atoms with Gasteiger partial charge in [-0.15, -0.1) is 0 Å². The van der Waals surface area contributed by atoms with Gasteiger partial charge >= 0.3 is 55.1 Å². The van der Waals surface area contributed by atoms with Crippen LogP contribution >= 0.6 is 35.6 Å². The van der Waals surface area contributed by atoms with E-state index in [0.29, 0.717) is 0 Å². The molecule has 3 nitrogen and oxygen atoms in total. The monoisotopic (exact) mass is 222 g/mol. The number of halogens is 3. The predicted octanol–water partition coefficient (Wildman–Crippen LogP) is -2.80. The Bertz CT molecular complexity index is 14.5. The molecular weight excluding hydrogens is 221 g/mol. The zero-order chi connectivity index (χ0) is 6.00. The molecule has 46 valence electrons. The summed E-state index contributed by atoms with van der Waals surface area (Å²) in [6.07, 6.45) is 0. The van der Waals surface area contributed by atoms with Crippen molar-refractivity contribution in [3.05, 3.63) is 0 Å². The SMILES string of the molecule is [Al+3].[CaH2].[O-]Cl.[O-]Cl.[O-]Cl. The summed E-state index contributed by atoms with van der Waals surface area (Å²) >= 11 is 10.2. The summed E-state index contributed by atoms with van der Waals surface area (Å²) in [6, 6.07) is 0. The standard InChI is InChI=1S/Al.Ca.3ClO.2H/c;;3*1-2;;/q+3;;3*-1;;. The van der Waals surface area contributed by atoms with Crippen LogP contribution in [0.1, 0.15) is 0 Å². The summed E-state index contributed by atoms with van der Waals surface area (Å²) in [5.41, 5.74) is 0. The van der Waals surface area contributed by atoms with Crippen molar-refractivity contribution in [3.63, 3.8) is 0 Å². The van der Waals surface area contributed by atoms with E-state index in [-0.39, 0.29) is 55.1 Å². The van der Waals surface area contributed by atoms with Gasteiger partial charge in [0.2, 0.25) is 0 Å². The van der Waals surface area contributed by atoms with Crippen molar-refractivity contribution in [1.82, 2.24) is 0 Å². The Labute approximate surface area is 103 Å². The predicted molar refractivity (Wildman–Crippen MR) is 31.9 cm³/mol. The van der Waals surface area contributed by atoms with E-state index in [4.69, 9.17) is 14.0 Å². The van der Waals surface area contributed by atoms with E-state index in [0.717, 1.165) is 0 Å². The largest absolute Gasteiger partial charge is 0.769 e. The molecule has 8 heavy (non-hydrogen) atoms. The fourth-order valence-electron chi connectivity index (χ4n) is 0. The number of hydrogen-bond acceptors (Lipinski definition) is 3. The minimum absolute atomic E-state index is 0. The molecule has 0 aromatic heterocycles. The van der Waals surface area contributed by atoms with Crippen molar-refractivity contribution in [3.8, 4) is 0 Å². The summed E-state index contributed by atoms with van der Waals surface area (Å²) in [5.74, 6) is 0. The second-order valence-corrected chi connectivity index (χ2v) is 0. The smallest absolute Gasteiger partial charge is 0.231 e. The van der Waals surface area contributed by atoms with E-state index >= 15 is 0 Å². The second-order valence-electron chi connectivity index (χ2n) is 0. The maximum Gasteiger partial charge on any atom is -0.231 e. The van der Waals surface area contributed by atoms with Crippen molar-refractivity contribution in [2.75, 3.05) is 0 Å². The van der Waals surface area contributed by atoms with Gasteiger partial charge in [-0.3, -0.25) is 0 Å². The Morgan fingerprint density at radius 3 is 0.625 bits per heavy atom. The molecule has 0 aliphatic carbocycles. The first-order valence-electron chi connectivity index (χ1n) is 0.463. The van der Waals surface area contributed by atoms with Crippen molar-refractivity contribution < 1.29 is 14.0 Å². The fraction of sp³-hybridized carbons (Fsp3) is 0. The van der Waals surface area contributed by atoms with Crippen LogP contribution in [-0.4, -0.2) is 55.1 Å². The molecule has 0 spiro atoms. The van der Waals surface area contributed by atoms with Crippen LogP contribution in [0.15, 0.2) is 0 Å². The molecule has 0 heterocycles. The van der Waals surface area contributed by atoms with Crippen molar-refractivity contribution in [2.24, 2.45) is 0 Å². The first kappa shape index (κ1) is 31.3. The molecule has 0 aromatic rings. The molecule has 0 aromatic carbocycles. The summed E-state index contributed by atoms with van der Waals surface area (Å²) in [7, 11) is 0. The summed E-state index contributed by atoms with van der Waals surface area (Å²) < 4.78 is 23.2. The molecule has 0 unspecified atom stereocenters. The normalized spacial score (nSPS) is 2.25. The molecule has 8 heteroatoms. The third kappa shape index (κ3) is 75.2. The molecule has 0 saturated heterocycles. The van der Waals surface area contributed by atoms with Crippen LogP contribution in [0.2, 0.25) is 0 Å². The quantitative estimate of drug-likeness (QED) is 0.417. The van der Waals surface area contributed by atoms with E-state index in [9.17, 15) is 0 Å². The fourth-order valence-corrected chi connectivity index (χ4v) is 0. The Morgan fingerprint density at radius 1 is 0.625 bits per heavy atom. The van der Waals surface area contributed by atoms with Gasteiger partial charge in [0.1, 0.15) is 0 Å². The minimum Gasteiger partial charge on any atom is -0.769 e. The maximum absolute atomic E-state index is 7.72. The van der Waals surface area contributed by atoms with Gasteiger partial charge in [0.25, 0.3) is 0 Å². The number of rotatable bonds is 0. The van der Waals surface area contributed by atoms with E-state index in [1.54, 1.807) is 0 Å². The molecule has 0 aliphatic heterocycles. The van der Waals surface area contributed by atoms with Crippen molar-refractivity contribution >= 4 is 90.7 Å². The van der Waals surface area contributed by atoms with Crippen LogP contribution in [0.4, 0.5) is 0 Å². The average Bonchev–Trinajstić information content (AvgIpc) is 1.81. The Hall–Kier alpha value is 2.54. The molecule has 0 bridgehead atoms. The average molecular weight is 223 g/mol. The summed E-state index contributed by atoms with van der Waals surface area (Å²) in [6.45, 7) is 0. The zero-order valence-electron chi connectivity index (χ0n) is 2.94. The van der Waals surface area contributed by atoms with Gasteiger partial charge in [0.15, 0.2) is 0 Å². The zero-order valence-corrected chi connectivity index (χ0v) is 6.36. The van der Waals surface area contributed by atoms with Gasteiger partial charge in [-0.05, 0) is 0 Å². The van der Waals surface area contributed by atoms with Gasteiger partial charge in [-0.2, -0.15) is 0 Å². The maximum atomic E-state index is 7.72. The Kier molecular flexibility index (Phi) is 421. The third-order valence-electron chi connectivity index (χ3n) is 0. The van der Waals surface area contributed by atoms with E-state index in [1.165, 1.54) is 0 Å². The molecule has 0 saturated carbocycles. The third-order valence-corrected chi connectivity index (χ3v) is 0. The van der Waals surface area contributed by atoms with Crippen LogP contribution in [0.5, 0.6) is 0 Å². The van der Waals surface area contributed by atoms with Gasteiger partial charge in [-0.25, -0.2) is 35.6 Å². The first-order chi connectivity index (χ1) is 3.00. The van der Waals surface area contributed by atoms with Crippen LogP contribution in [0.3, 0.4) is 0 Å². The molecule has 0 amide bonds. The van der Waals surface area contributed by atoms with Crippen LogP contribution in [-0.2, 0) is 0 Å². The van der Waals surface area contributed by atoms with Crippen molar-refractivity contribution in [2.45, 2.75) is 0 Å². The Morgan fingerprint density at radius 2 is 0.625 bits per heavy atom. The molecular formula is H2AlCaCl3O3. The van der Waals surface area contributed by atoms with Crippen LogP contribution in [0, 0.1) is 0 Å². The van der Waals surface area contributed by atoms with Crippen molar-refractivity contribution in [1.29, 1.82) is 0 Å². The number of hydrogen-bond donors (Lipinski definition) is 0. The van der Waals surface area contributed by atoms with Gasteiger partial charge in [-0.1, -0.05) is 0 Å². The van der Waals surface area contributed by atoms with Gasteiger partial charge < -0.3 is 14.0 Å². The van der Waals surface area contributed by atoms with Crippen LogP contribution < -0.4 is 14.0 Å². The molecule has 0 aliphatic rings. The van der Waals surface area contributed by atoms with Gasteiger partial charge in [0.05, 0.1) is 0 Å². The Balaban J connectivity index is -0.00000000500. The molecule has 0 atom stereocenters. The first-order valence-corrected chi connectivity index (χ1v) is 1.39. The summed E-state index contributed by atoms with van der Waals surface area (Å²) in [5, 5.41) is 0. The van der Waals surface area contributed by atoms with Crippen LogP contribution in [0.25, 0.3) is 0 Å². The van der Waals surface area contributed by atoms with Gasteiger partial charge in [0, 0.05) is 0 Å². The minimum atomic E-state index is 0.